The molecule has 0 unspecified atom stereocenters. The van der Waals surface area contributed by atoms with Crippen molar-refractivity contribution in [3.05, 3.63) is 48.3 Å². The lowest BCUT2D eigenvalue weighted by molar-refractivity contribution is 0.0786. The molecule has 0 amide bonds. The number of hydrogen-bond donors (Lipinski definition) is 2. The van der Waals surface area contributed by atoms with Crippen molar-refractivity contribution in [3.8, 4) is 11.3 Å². The quantitative estimate of drug-likeness (QED) is 0.597. The number of nitrogens with one attached hydrogen (secondary N) is 1. The van der Waals surface area contributed by atoms with Crippen molar-refractivity contribution in [2.75, 3.05) is 0 Å². The zero-order valence-corrected chi connectivity index (χ0v) is 13.3. The van der Waals surface area contributed by atoms with Crippen molar-refractivity contribution in [3.63, 3.8) is 0 Å². The first-order valence-corrected chi connectivity index (χ1v) is 7.57. The number of nitrogens with zero attached hydrogens (tertiary/aromatic N) is 3. The van der Waals surface area contributed by atoms with Gasteiger partial charge in [-0.2, -0.15) is 5.10 Å². The summed E-state index contributed by atoms with van der Waals surface area (Å²) >= 11 is 0. The van der Waals surface area contributed by atoms with Crippen LogP contribution in [0.1, 0.15) is 19.4 Å². The zero-order chi connectivity index (χ0) is 16.2. The number of rotatable bonds is 2. The van der Waals surface area contributed by atoms with Crippen LogP contribution in [0.2, 0.25) is 0 Å². The Balaban J connectivity index is 1.92. The third-order valence-corrected chi connectivity index (χ3v) is 4.25. The molecule has 0 aliphatic heterocycles. The number of aliphatic hydroxyl groups is 1. The van der Waals surface area contributed by atoms with E-state index in [2.05, 4.69) is 15.1 Å². The van der Waals surface area contributed by atoms with E-state index in [0.717, 1.165) is 38.8 Å². The maximum absolute atomic E-state index is 10.1. The van der Waals surface area contributed by atoms with Gasteiger partial charge in [-0.3, -0.25) is 4.68 Å². The van der Waals surface area contributed by atoms with E-state index >= 15 is 0 Å². The molecule has 0 aliphatic rings. The summed E-state index contributed by atoms with van der Waals surface area (Å²) in [6.45, 7) is 3.56. The van der Waals surface area contributed by atoms with Gasteiger partial charge in [-0.25, -0.2) is 4.98 Å². The fourth-order valence-electron chi connectivity index (χ4n) is 3.02. The van der Waals surface area contributed by atoms with Crippen LogP contribution in [-0.4, -0.2) is 24.9 Å². The standard InChI is InChI=1S/C18H18N4O/c1-18(2,23)12-6-4-11(5-7-12)15-14-10-20-17-13(8-9-19-17)16(14)22(3)21-15/h4-10,23H,1-3H3,(H,19,20). The van der Waals surface area contributed by atoms with Crippen LogP contribution in [0.4, 0.5) is 0 Å². The Morgan fingerprint density at radius 3 is 2.52 bits per heavy atom. The van der Waals surface area contributed by atoms with Gasteiger partial charge in [0.05, 0.1) is 11.1 Å². The van der Waals surface area contributed by atoms with Gasteiger partial charge in [-0.1, -0.05) is 24.3 Å². The van der Waals surface area contributed by atoms with Gasteiger partial charge in [-0.15, -0.1) is 0 Å². The maximum Gasteiger partial charge on any atom is 0.139 e. The Hall–Kier alpha value is -2.66. The molecule has 0 atom stereocenters. The number of benzene rings is 1. The number of H-pyrrole nitrogens is 1. The van der Waals surface area contributed by atoms with Gasteiger partial charge in [-0.05, 0) is 25.5 Å². The van der Waals surface area contributed by atoms with E-state index in [-0.39, 0.29) is 0 Å². The number of fused-ring (bicyclic) bond motifs is 3. The molecule has 1 aromatic carbocycles. The van der Waals surface area contributed by atoms with E-state index < -0.39 is 5.60 Å². The van der Waals surface area contributed by atoms with E-state index in [0.29, 0.717) is 0 Å². The first-order chi connectivity index (χ1) is 10.9. The number of aromatic nitrogens is 4. The maximum atomic E-state index is 10.1. The molecule has 0 aliphatic carbocycles. The largest absolute Gasteiger partial charge is 0.386 e. The van der Waals surface area contributed by atoms with Gasteiger partial charge >= 0.3 is 0 Å². The summed E-state index contributed by atoms with van der Waals surface area (Å²) < 4.78 is 1.90. The molecule has 5 heteroatoms. The summed E-state index contributed by atoms with van der Waals surface area (Å²) in [7, 11) is 1.95. The molecule has 0 radical (unpaired) electrons. The SMILES string of the molecule is Cn1nc(-c2ccc(C(C)(C)O)cc2)c2cnc3[nH]ccc3c21. The van der Waals surface area contributed by atoms with Crippen molar-refractivity contribution in [2.45, 2.75) is 19.4 Å². The molecular formula is C18H18N4O. The van der Waals surface area contributed by atoms with Crippen molar-refractivity contribution in [1.82, 2.24) is 19.7 Å². The minimum atomic E-state index is -0.844. The van der Waals surface area contributed by atoms with E-state index in [1.54, 1.807) is 13.8 Å². The highest BCUT2D eigenvalue weighted by atomic mass is 16.3. The average Bonchev–Trinajstić information content (AvgIpc) is 3.10. The van der Waals surface area contributed by atoms with Crippen molar-refractivity contribution in [1.29, 1.82) is 0 Å². The van der Waals surface area contributed by atoms with Crippen LogP contribution >= 0.6 is 0 Å². The van der Waals surface area contributed by atoms with E-state index in [1.165, 1.54) is 0 Å². The van der Waals surface area contributed by atoms with Crippen LogP contribution in [0.5, 0.6) is 0 Å². The van der Waals surface area contributed by atoms with Crippen LogP contribution in [0.3, 0.4) is 0 Å². The number of aromatic amines is 1. The van der Waals surface area contributed by atoms with Gasteiger partial charge < -0.3 is 10.1 Å². The van der Waals surface area contributed by atoms with Crippen LogP contribution in [-0.2, 0) is 12.6 Å². The molecule has 116 valence electrons. The van der Waals surface area contributed by atoms with Gasteiger partial charge in [0.25, 0.3) is 0 Å². The summed E-state index contributed by atoms with van der Waals surface area (Å²) in [6, 6.07) is 9.90. The number of pyridine rings is 1. The number of aryl methyl sites for hydroxylation is 1. The molecule has 3 heterocycles. The topological polar surface area (TPSA) is 66.7 Å². The molecule has 0 spiro atoms. The first-order valence-electron chi connectivity index (χ1n) is 7.57. The number of hydrogen-bond acceptors (Lipinski definition) is 3. The normalized spacial score (nSPS) is 12.3. The van der Waals surface area contributed by atoms with Gasteiger partial charge in [0.15, 0.2) is 0 Å². The van der Waals surface area contributed by atoms with E-state index in [4.69, 9.17) is 0 Å². The summed E-state index contributed by atoms with van der Waals surface area (Å²) in [5.74, 6) is 0. The van der Waals surface area contributed by atoms with Crippen LogP contribution in [0.15, 0.2) is 42.7 Å². The van der Waals surface area contributed by atoms with Crippen molar-refractivity contribution >= 4 is 21.9 Å². The summed E-state index contributed by atoms with van der Waals surface area (Å²) in [5.41, 5.74) is 3.89. The highest BCUT2D eigenvalue weighted by Gasteiger charge is 2.18. The van der Waals surface area contributed by atoms with Gasteiger partial charge in [0.2, 0.25) is 0 Å². The Morgan fingerprint density at radius 2 is 1.83 bits per heavy atom. The molecular weight excluding hydrogens is 288 g/mol. The minimum Gasteiger partial charge on any atom is -0.386 e. The molecule has 23 heavy (non-hydrogen) atoms. The lowest BCUT2D eigenvalue weighted by Gasteiger charge is -2.17. The molecule has 0 saturated heterocycles. The molecule has 5 nitrogen and oxygen atoms in total. The molecule has 3 aromatic heterocycles. The van der Waals surface area contributed by atoms with Crippen molar-refractivity contribution < 1.29 is 5.11 Å². The van der Waals surface area contributed by atoms with Crippen LogP contribution in [0.25, 0.3) is 33.2 Å². The Morgan fingerprint density at radius 1 is 1.09 bits per heavy atom. The lowest BCUT2D eigenvalue weighted by atomic mass is 9.96. The van der Waals surface area contributed by atoms with Crippen LogP contribution < -0.4 is 0 Å². The van der Waals surface area contributed by atoms with E-state index in [9.17, 15) is 5.11 Å². The fraction of sp³-hybridized carbons (Fsp3) is 0.222. The Kier molecular flexibility index (Phi) is 2.83. The van der Waals surface area contributed by atoms with Crippen LogP contribution in [0, 0.1) is 0 Å². The Bertz CT molecular complexity index is 1000. The fourth-order valence-corrected chi connectivity index (χ4v) is 3.02. The second kappa shape index (κ2) is 4.67. The second-order valence-corrected chi connectivity index (χ2v) is 6.37. The third-order valence-electron chi connectivity index (χ3n) is 4.25. The second-order valence-electron chi connectivity index (χ2n) is 6.37. The van der Waals surface area contributed by atoms with E-state index in [1.807, 2.05) is 54.5 Å². The zero-order valence-electron chi connectivity index (χ0n) is 13.3. The van der Waals surface area contributed by atoms with Gasteiger partial charge in [0.1, 0.15) is 11.3 Å². The average molecular weight is 306 g/mol. The molecule has 0 fully saturated rings. The monoisotopic (exact) mass is 306 g/mol. The third kappa shape index (κ3) is 2.12. The molecule has 0 bridgehead atoms. The summed E-state index contributed by atoms with van der Waals surface area (Å²) in [6.07, 6.45) is 3.75. The first kappa shape index (κ1) is 14.0. The predicted octanol–water partition coefficient (Wildman–Crippen LogP) is 3.34. The highest BCUT2D eigenvalue weighted by Crippen LogP contribution is 2.32. The molecule has 4 rings (SSSR count). The summed E-state index contributed by atoms with van der Waals surface area (Å²) in [4.78, 5) is 7.61. The molecule has 2 N–H and O–H groups in total. The summed E-state index contributed by atoms with van der Waals surface area (Å²) in [5, 5.41) is 16.9. The highest BCUT2D eigenvalue weighted by molar-refractivity contribution is 6.07. The Labute approximate surface area is 133 Å². The minimum absolute atomic E-state index is 0.844. The smallest absolute Gasteiger partial charge is 0.139 e. The predicted molar refractivity (Wildman–Crippen MR) is 91.0 cm³/mol. The molecule has 4 aromatic rings. The molecule has 0 saturated carbocycles. The van der Waals surface area contributed by atoms with Crippen molar-refractivity contribution in [2.24, 2.45) is 7.05 Å². The van der Waals surface area contributed by atoms with Gasteiger partial charge in [0, 0.05) is 35.8 Å². The lowest BCUT2D eigenvalue weighted by Crippen LogP contribution is -2.14.